The van der Waals surface area contributed by atoms with Gasteiger partial charge in [-0.1, -0.05) is 110 Å². The van der Waals surface area contributed by atoms with E-state index in [1.54, 1.807) is 11.4 Å². The second-order valence-electron chi connectivity index (χ2n) is 10.8. The molecular weight excluding hydrogens is 510 g/mol. The van der Waals surface area contributed by atoms with E-state index in [2.05, 4.69) is 91.0 Å². The lowest BCUT2D eigenvalue weighted by Crippen LogP contribution is -2.46. The van der Waals surface area contributed by atoms with Gasteiger partial charge < -0.3 is 4.74 Å². The molecule has 0 radical (unpaired) electrons. The smallest absolute Gasteiger partial charge is 0.211 e. The molecule has 1 saturated heterocycles. The molecule has 1 aliphatic carbocycles. The van der Waals surface area contributed by atoms with Crippen LogP contribution in [0.5, 0.6) is 0 Å². The van der Waals surface area contributed by atoms with Gasteiger partial charge in [-0.05, 0) is 41.9 Å². The van der Waals surface area contributed by atoms with Crippen molar-refractivity contribution in [1.82, 2.24) is 4.31 Å². The van der Waals surface area contributed by atoms with Crippen LogP contribution in [0.2, 0.25) is 0 Å². The van der Waals surface area contributed by atoms with Gasteiger partial charge in [0.25, 0.3) is 0 Å². The van der Waals surface area contributed by atoms with Crippen LogP contribution in [-0.2, 0) is 19.5 Å². The molecule has 202 valence electrons. The third kappa shape index (κ3) is 5.60. The van der Waals surface area contributed by atoms with Crippen molar-refractivity contribution in [2.24, 2.45) is 5.92 Å². The molecule has 1 unspecified atom stereocenters. The molecule has 3 aromatic rings. The van der Waals surface area contributed by atoms with Gasteiger partial charge in [0.05, 0.1) is 23.1 Å². The van der Waals surface area contributed by atoms with E-state index in [4.69, 9.17) is 4.74 Å². The van der Waals surface area contributed by atoms with E-state index in [1.807, 2.05) is 11.8 Å². The second kappa shape index (κ2) is 12.0. The molecule has 5 rings (SSSR count). The van der Waals surface area contributed by atoms with Gasteiger partial charge in [0.2, 0.25) is 10.0 Å². The van der Waals surface area contributed by atoms with Gasteiger partial charge in [0.1, 0.15) is 0 Å². The Labute approximate surface area is 232 Å². The van der Waals surface area contributed by atoms with E-state index in [-0.39, 0.29) is 17.4 Å². The van der Waals surface area contributed by atoms with Crippen LogP contribution in [-0.4, -0.2) is 50.0 Å². The predicted molar refractivity (Wildman–Crippen MR) is 158 cm³/mol. The standard InChI is InChI=1S/C32H39NO3S2/c1-36-31(25-15-7-3-8-16-25)30-23-29(24-33(30)38(2,34)35)37-32(26-17-9-4-10-18-26,27-19-11-5-12-20-27)28-21-13-6-14-22-28/h4-6,9-14,17-22,25,29-31H,3,7-8,15-16,23-24H2,1-2H3/t29-,30+,31?/m1/s1. The summed E-state index contributed by atoms with van der Waals surface area (Å²) in [4.78, 5) is 0. The van der Waals surface area contributed by atoms with Crippen molar-refractivity contribution in [2.45, 2.75) is 60.7 Å². The third-order valence-corrected chi connectivity index (χ3v) is 11.3. The van der Waals surface area contributed by atoms with Crippen LogP contribution in [0.1, 0.15) is 55.2 Å². The molecule has 38 heavy (non-hydrogen) atoms. The number of rotatable bonds is 9. The number of benzene rings is 3. The third-order valence-electron chi connectivity index (χ3n) is 8.33. The highest BCUT2D eigenvalue weighted by Gasteiger charge is 2.48. The molecule has 4 nitrogen and oxygen atoms in total. The molecule has 2 fully saturated rings. The summed E-state index contributed by atoms with van der Waals surface area (Å²) in [7, 11) is -1.62. The molecule has 0 bridgehead atoms. The lowest BCUT2D eigenvalue weighted by Gasteiger charge is -2.37. The molecule has 1 heterocycles. The minimum atomic E-state index is -3.39. The Morgan fingerprint density at radius 1 is 0.816 bits per heavy atom. The van der Waals surface area contributed by atoms with E-state index in [0.717, 1.165) is 19.3 Å². The highest BCUT2D eigenvalue weighted by Crippen LogP contribution is 2.52. The number of nitrogens with zero attached hydrogens (tertiary/aromatic N) is 1. The van der Waals surface area contributed by atoms with Crippen molar-refractivity contribution in [1.29, 1.82) is 0 Å². The van der Waals surface area contributed by atoms with Crippen LogP contribution in [0.15, 0.2) is 91.0 Å². The van der Waals surface area contributed by atoms with Gasteiger partial charge >= 0.3 is 0 Å². The highest BCUT2D eigenvalue weighted by atomic mass is 32.2. The van der Waals surface area contributed by atoms with Crippen molar-refractivity contribution in [3.05, 3.63) is 108 Å². The SMILES string of the molecule is COC(C1CCCCC1)[C@@H]1C[C@@H](SC(c2ccccc2)(c2ccccc2)c2ccccc2)CN1S(C)(=O)=O. The van der Waals surface area contributed by atoms with Gasteiger partial charge in [0.15, 0.2) is 0 Å². The van der Waals surface area contributed by atoms with Crippen molar-refractivity contribution < 1.29 is 13.2 Å². The quantitative estimate of drug-likeness (QED) is 0.278. The fourth-order valence-electron chi connectivity index (χ4n) is 6.66. The number of sulfonamides is 1. The van der Waals surface area contributed by atoms with Gasteiger partial charge in [-0.2, -0.15) is 4.31 Å². The van der Waals surface area contributed by atoms with Crippen LogP contribution in [0.25, 0.3) is 0 Å². The zero-order valence-electron chi connectivity index (χ0n) is 22.4. The minimum Gasteiger partial charge on any atom is -0.379 e. The zero-order valence-corrected chi connectivity index (χ0v) is 24.0. The molecule has 0 spiro atoms. The van der Waals surface area contributed by atoms with Crippen molar-refractivity contribution >= 4 is 21.8 Å². The average molecular weight is 550 g/mol. The Morgan fingerprint density at radius 2 is 1.29 bits per heavy atom. The summed E-state index contributed by atoms with van der Waals surface area (Å²) in [5, 5.41) is 0.108. The first-order chi connectivity index (χ1) is 18.4. The van der Waals surface area contributed by atoms with Crippen LogP contribution >= 0.6 is 11.8 Å². The predicted octanol–water partition coefficient (Wildman–Crippen LogP) is 6.71. The number of methoxy groups -OCH3 is 1. The summed E-state index contributed by atoms with van der Waals surface area (Å²) >= 11 is 1.90. The van der Waals surface area contributed by atoms with E-state index < -0.39 is 14.8 Å². The Bertz CT molecular complexity index is 1170. The summed E-state index contributed by atoms with van der Waals surface area (Å²) in [5.41, 5.74) is 3.60. The maximum absolute atomic E-state index is 13.1. The van der Waals surface area contributed by atoms with E-state index >= 15 is 0 Å². The van der Waals surface area contributed by atoms with Crippen molar-refractivity contribution in [2.75, 3.05) is 19.9 Å². The Morgan fingerprint density at radius 3 is 1.71 bits per heavy atom. The highest BCUT2D eigenvalue weighted by molar-refractivity contribution is 8.01. The van der Waals surface area contributed by atoms with Crippen molar-refractivity contribution in [3.63, 3.8) is 0 Å². The maximum atomic E-state index is 13.1. The van der Waals surface area contributed by atoms with E-state index in [9.17, 15) is 8.42 Å². The van der Waals surface area contributed by atoms with Gasteiger partial charge in [-0.25, -0.2) is 8.42 Å². The van der Waals surface area contributed by atoms with Crippen molar-refractivity contribution in [3.8, 4) is 0 Å². The monoisotopic (exact) mass is 549 g/mol. The van der Waals surface area contributed by atoms with Crippen LogP contribution < -0.4 is 0 Å². The summed E-state index contributed by atoms with van der Waals surface area (Å²) < 4.78 is 33.7. The van der Waals surface area contributed by atoms with E-state index in [0.29, 0.717) is 12.5 Å². The molecule has 3 aromatic carbocycles. The van der Waals surface area contributed by atoms with Gasteiger partial charge in [0, 0.05) is 18.9 Å². The first kappa shape index (κ1) is 27.4. The second-order valence-corrected chi connectivity index (χ2v) is 14.2. The zero-order chi connectivity index (χ0) is 26.6. The fourth-order valence-corrected chi connectivity index (χ4v) is 9.75. The molecule has 1 aliphatic heterocycles. The fraction of sp³-hybridized carbons (Fsp3) is 0.438. The molecule has 1 saturated carbocycles. The number of hydrogen-bond donors (Lipinski definition) is 0. The summed E-state index contributed by atoms with van der Waals surface area (Å²) in [6.07, 6.45) is 7.97. The van der Waals surface area contributed by atoms with Gasteiger partial charge in [-0.15, -0.1) is 11.8 Å². The van der Waals surface area contributed by atoms with Crippen LogP contribution in [0, 0.1) is 5.92 Å². The molecule has 2 aliphatic rings. The first-order valence-corrected chi connectivity index (χ1v) is 16.5. The average Bonchev–Trinajstić information content (AvgIpc) is 3.38. The van der Waals surface area contributed by atoms with Gasteiger partial charge in [-0.3, -0.25) is 0 Å². The van der Waals surface area contributed by atoms with Crippen LogP contribution in [0.4, 0.5) is 0 Å². The molecule has 0 aromatic heterocycles. The Balaban J connectivity index is 1.57. The lowest BCUT2D eigenvalue weighted by atomic mass is 9.82. The van der Waals surface area contributed by atoms with E-state index in [1.165, 1.54) is 42.2 Å². The summed E-state index contributed by atoms with van der Waals surface area (Å²) in [6, 6.07) is 31.8. The number of thioether (sulfide) groups is 1. The largest absolute Gasteiger partial charge is 0.379 e. The Kier molecular flexibility index (Phi) is 8.63. The topological polar surface area (TPSA) is 46.6 Å². The maximum Gasteiger partial charge on any atom is 0.211 e. The number of hydrogen-bond acceptors (Lipinski definition) is 4. The normalized spacial score (nSPS) is 22.4. The number of ether oxygens (including phenoxy) is 1. The Hall–Kier alpha value is -2.12. The first-order valence-electron chi connectivity index (χ1n) is 13.8. The molecule has 6 heteroatoms. The van der Waals surface area contributed by atoms with Crippen LogP contribution in [0.3, 0.4) is 0 Å². The summed E-state index contributed by atoms with van der Waals surface area (Å²) in [6.45, 7) is 0.495. The lowest BCUT2D eigenvalue weighted by molar-refractivity contribution is -0.00265. The minimum absolute atomic E-state index is 0.0739. The molecular formula is C32H39NO3S2. The molecule has 3 atom stereocenters. The summed E-state index contributed by atoms with van der Waals surface area (Å²) in [5.74, 6) is 0.411. The molecule has 0 N–H and O–H groups in total. The molecule has 0 amide bonds.